The molecule has 8 nitrogen and oxygen atoms in total. The van der Waals surface area contributed by atoms with Crippen molar-refractivity contribution in [3.05, 3.63) is 24.3 Å². The van der Waals surface area contributed by atoms with Crippen LogP contribution >= 0.6 is 0 Å². The fraction of sp³-hybridized carbons (Fsp3) is 0.524. The summed E-state index contributed by atoms with van der Waals surface area (Å²) in [7, 11) is 1.70. The van der Waals surface area contributed by atoms with Crippen LogP contribution in [0.5, 0.6) is 5.75 Å². The molecule has 154 valence electrons. The lowest BCUT2D eigenvalue weighted by Gasteiger charge is -2.35. The number of carbonyl (C=O) groups excluding carboxylic acids is 2. The molecule has 3 heterocycles. The maximum Gasteiger partial charge on any atom is 0.397 e. The Morgan fingerprint density at radius 1 is 1.21 bits per heavy atom. The van der Waals surface area contributed by atoms with Crippen LogP contribution in [0.25, 0.3) is 0 Å². The molecule has 1 saturated heterocycles. The molecule has 29 heavy (non-hydrogen) atoms. The molecule has 4 rings (SSSR count). The third kappa shape index (κ3) is 3.16. The Kier molecular flexibility index (Phi) is 5.02. The minimum atomic E-state index is -0.535. The van der Waals surface area contributed by atoms with Gasteiger partial charge in [-0.05, 0) is 37.6 Å². The van der Waals surface area contributed by atoms with Crippen molar-refractivity contribution in [1.82, 2.24) is 9.80 Å². The lowest BCUT2D eigenvalue weighted by atomic mass is 10.1. The number of benzene rings is 1. The molecule has 8 heteroatoms. The second kappa shape index (κ2) is 7.50. The Balaban J connectivity index is 1.72. The third-order valence-electron chi connectivity index (χ3n) is 5.54. The van der Waals surface area contributed by atoms with Crippen LogP contribution in [0, 0.1) is 5.92 Å². The first-order chi connectivity index (χ1) is 14.0. The summed E-state index contributed by atoms with van der Waals surface area (Å²) >= 11 is 0. The zero-order valence-electron chi connectivity index (χ0n) is 17.5. The minimum Gasteiger partial charge on any atom is -0.494 e. The van der Waals surface area contributed by atoms with Crippen LogP contribution in [0.15, 0.2) is 29.3 Å². The maximum atomic E-state index is 13.2. The average molecular weight is 398 g/mol. The van der Waals surface area contributed by atoms with E-state index in [0.717, 1.165) is 36.9 Å². The van der Waals surface area contributed by atoms with Gasteiger partial charge in [-0.15, -0.1) is 0 Å². The predicted molar refractivity (Wildman–Crippen MR) is 111 cm³/mol. The van der Waals surface area contributed by atoms with E-state index in [2.05, 4.69) is 11.8 Å². The highest BCUT2D eigenvalue weighted by molar-refractivity contribution is 6.24. The summed E-state index contributed by atoms with van der Waals surface area (Å²) in [5, 5.41) is 0. The van der Waals surface area contributed by atoms with Crippen LogP contribution in [0.4, 0.5) is 10.5 Å². The van der Waals surface area contributed by atoms with Crippen molar-refractivity contribution in [2.24, 2.45) is 10.9 Å². The number of amidine groups is 1. The maximum absolute atomic E-state index is 13.2. The number of hydrogen-bond acceptors (Lipinski definition) is 5. The zero-order valence-corrected chi connectivity index (χ0v) is 17.5. The molecule has 3 aliphatic rings. The van der Waals surface area contributed by atoms with Gasteiger partial charge in [-0.3, -0.25) is 14.6 Å². The summed E-state index contributed by atoms with van der Waals surface area (Å²) in [5.41, 5.74) is 0.995. The standard InChI is InChI=1S/C21H28N5O3/c1-5-11-24-19(27)17-18(23(4)21(24)28)22-20-25(12-14(3)13-26(17)20)15-7-9-16(10-8-15)29-6-2/h7-10,14,17H,5-6,11-13H2,1-4H3/q+1. The van der Waals surface area contributed by atoms with E-state index in [0.29, 0.717) is 24.9 Å². The highest BCUT2D eigenvalue weighted by atomic mass is 16.5. The summed E-state index contributed by atoms with van der Waals surface area (Å²) < 4.78 is 7.60. The zero-order chi connectivity index (χ0) is 20.7. The summed E-state index contributed by atoms with van der Waals surface area (Å²) in [5.74, 6) is 2.25. The molecule has 1 aromatic rings. The Morgan fingerprint density at radius 3 is 2.59 bits per heavy atom. The molecule has 3 amide bonds. The SMILES string of the molecule is CCCN1C(=O)C2C(=NC3=[N+]2CC(C)CN3c2ccc(OCC)cc2)N(C)C1=O. The number of carbonyl (C=O) groups is 2. The fourth-order valence-electron chi connectivity index (χ4n) is 4.23. The molecule has 1 aromatic carbocycles. The van der Waals surface area contributed by atoms with Crippen molar-refractivity contribution >= 4 is 29.4 Å². The number of likely N-dealkylation sites (N-methyl/N-ethyl adjacent to an activating group) is 1. The molecular formula is C21H28N5O3+. The van der Waals surface area contributed by atoms with E-state index >= 15 is 0 Å². The largest absolute Gasteiger partial charge is 0.494 e. The smallest absolute Gasteiger partial charge is 0.397 e. The molecule has 0 radical (unpaired) electrons. The molecule has 0 N–H and O–H groups in total. The number of hydrogen-bond donors (Lipinski definition) is 0. The number of amides is 3. The third-order valence-corrected chi connectivity index (χ3v) is 5.54. The van der Waals surface area contributed by atoms with Crippen LogP contribution in [0.2, 0.25) is 0 Å². The minimum absolute atomic E-state index is 0.176. The van der Waals surface area contributed by atoms with Gasteiger partial charge >= 0.3 is 12.0 Å². The van der Waals surface area contributed by atoms with E-state index in [4.69, 9.17) is 9.73 Å². The lowest BCUT2D eigenvalue weighted by Crippen LogP contribution is -2.63. The van der Waals surface area contributed by atoms with E-state index in [9.17, 15) is 9.59 Å². The quantitative estimate of drug-likeness (QED) is 0.712. The number of aliphatic imine (C=N–C) groups is 1. The van der Waals surface area contributed by atoms with E-state index in [1.165, 1.54) is 9.80 Å². The molecule has 2 atom stereocenters. The molecule has 3 aliphatic heterocycles. The molecule has 0 saturated carbocycles. The Morgan fingerprint density at radius 2 is 1.93 bits per heavy atom. The highest BCUT2D eigenvalue weighted by Crippen LogP contribution is 2.29. The average Bonchev–Trinajstić information content (AvgIpc) is 3.09. The Bertz CT molecular complexity index is 892. The number of imide groups is 1. The van der Waals surface area contributed by atoms with Crippen LogP contribution in [0.1, 0.15) is 27.2 Å². The number of guanidine groups is 1. The van der Waals surface area contributed by atoms with E-state index < -0.39 is 6.04 Å². The number of fused-ring (bicyclic) bond motifs is 2. The van der Waals surface area contributed by atoms with Gasteiger partial charge in [0.05, 0.1) is 19.7 Å². The second-order valence-corrected chi connectivity index (χ2v) is 7.80. The van der Waals surface area contributed by atoms with Crippen LogP contribution < -0.4 is 9.64 Å². The number of urea groups is 1. The monoisotopic (exact) mass is 398 g/mol. The Labute approximate surface area is 171 Å². The lowest BCUT2D eigenvalue weighted by molar-refractivity contribution is -0.545. The summed E-state index contributed by atoms with van der Waals surface area (Å²) in [6, 6.07) is 7.08. The van der Waals surface area contributed by atoms with Crippen molar-refractivity contribution in [3.63, 3.8) is 0 Å². The first kappa shape index (κ1) is 19.4. The number of nitrogens with zero attached hydrogens (tertiary/aromatic N) is 5. The van der Waals surface area contributed by atoms with Crippen molar-refractivity contribution in [3.8, 4) is 5.75 Å². The predicted octanol–water partition coefficient (Wildman–Crippen LogP) is 1.99. The summed E-state index contributed by atoms with van der Waals surface area (Å²) in [6.45, 7) is 8.67. The highest BCUT2D eigenvalue weighted by Gasteiger charge is 2.54. The van der Waals surface area contributed by atoms with E-state index in [1.807, 2.05) is 42.7 Å². The molecule has 0 aromatic heterocycles. The van der Waals surface area contributed by atoms with Gasteiger partial charge in [-0.25, -0.2) is 14.3 Å². The van der Waals surface area contributed by atoms with Gasteiger partial charge in [0.25, 0.3) is 5.91 Å². The first-order valence-corrected chi connectivity index (χ1v) is 10.3. The van der Waals surface area contributed by atoms with Gasteiger partial charge in [0.1, 0.15) is 11.4 Å². The molecule has 0 bridgehead atoms. The van der Waals surface area contributed by atoms with Crippen molar-refractivity contribution in [2.75, 3.05) is 38.2 Å². The van der Waals surface area contributed by atoms with Crippen molar-refractivity contribution < 1.29 is 18.9 Å². The van der Waals surface area contributed by atoms with Gasteiger partial charge in [-0.2, -0.15) is 0 Å². The fourth-order valence-corrected chi connectivity index (χ4v) is 4.23. The molecule has 0 spiro atoms. The number of ether oxygens (including phenoxy) is 1. The van der Waals surface area contributed by atoms with Crippen LogP contribution in [-0.2, 0) is 4.79 Å². The van der Waals surface area contributed by atoms with Gasteiger partial charge in [-0.1, -0.05) is 18.8 Å². The van der Waals surface area contributed by atoms with Gasteiger partial charge in [0, 0.05) is 19.5 Å². The van der Waals surface area contributed by atoms with Crippen molar-refractivity contribution in [1.29, 1.82) is 0 Å². The normalized spacial score (nSPS) is 24.0. The molecular weight excluding hydrogens is 370 g/mol. The number of anilines is 1. The van der Waals surface area contributed by atoms with Gasteiger partial charge in [0.2, 0.25) is 11.9 Å². The molecule has 1 fully saturated rings. The van der Waals surface area contributed by atoms with Crippen molar-refractivity contribution in [2.45, 2.75) is 33.2 Å². The summed E-state index contributed by atoms with van der Waals surface area (Å²) in [4.78, 5) is 35.6. The summed E-state index contributed by atoms with van der Waals surface area (Å²) in [6.07, 6.45) is 0.732. The van der Waals surface area contributed by atoms with Gasteiger partial charge < -0.3 is 4.74 Å². The Hall–Kier alpha value is -2.90. The van der Waals surface area contributed by atoms with Crippen LogP contribution in [-0.4, -0.2) is 77.4 Å². The number of rotatable bonds is 5. The van der Waals surface area contributed by atoms with Gasteiger partial charge in [0.15, 0.2) is 0 Å². The van der Waals surface area contributed by atoms with E-state index in [-0.39, 0.29) is 11.9 Å². The van der Waals surface area contributed by atoms with Crippen LogP contribution in [0.3, 0.4) is 0 Å². The first-order valence-electron chi connectivity index (χ1n) is 10.3. The molecule has 2 unspecified atom stereocenters. The molecule has 0 aliphatic carbocycles. The second-order valence-electron chi connectivity index (χ2n) is 7.80. The van der Waals surface area contributed by atoms with E-state index in [1.54, 1.807) is 7.05 Å². The topological polar surface area (TPSA) is 68.5 Å².